The third kappa shape index (κ3) is 3.25. The molecule has 2 nitrogen and oxygen atoms in total. The maximum atomic E-state index is 11.2. The number of rotatable bonds is 3. The molecule has 70 valence electrons. The van der Waals surface area contributed by atoms with E-state index < -0.39 is 0 Å². The van der Waals surface area contributed by atoms with Crippen molar-refractivity contribution in [2.45, 2.75) is 6.42 Å². The van der Waals surface area contributed by atoms with Crippen molar-refractivity contribution >= 4 is 29.3 Å². The molecule has 1 rings (SSSR count). The minimum absolute atomic E-state index is 0.143. The number of hydrogen-bond donors (Lipinski definition) is 1. The second-order valence-electron chi connectivity index (χ2n) is 2.48. The summed E-state index contributed by atoms with van der Waals surface area (Å²) in [5.41, 5.74) is 0.410. The number of pyridine rings is 1. The molecular formula is C9H9Cl2NO. The Morgan fingerprint density at radius 2 is 2.31 bits per heavy atom. The molecule has 13 heavy (non-hydrogen) atoms. The van der Waals surface area contributed by atoms with Crippen LogP contribution in [0.15, 0.2) is 23.1 Å². The van der Waals surface area contributed by atoms with Gasteiger partial charge in [-0.05, 0) is 12.5 Å². The topological polar surface area (TPSA) is 32.9 Å². The van der Waals surface area contributed by atoms with Gasteiger partial charge < -0.3 is 4.98 Å². The number of allylic oxidation sites excluding steroid dienone is 1. The van der Waals surface area contributed by atoms with Crippen molar-refractivity contribution < 1.29 is 0 Å². The number of nitrogens with one attached hydrogen (secondary N) is 1. The van der Waals surface area contributed by atoms with Crippen molar-refractivity contribution in [1.29, 1.82) is 0 Å². The first-order valence-electron chi connectivity index (χ1n) is 3.85. The van der Waals surface area contributed by atoms with Crippen molar-refractivity contribution in [2.75, 3.05) is 5.88 Å². The summed E-state index contributed by atoms with van der Waals surface area (Å²) >= 11 is 11.2. The van der Waals surface area contributed by atoms with Gasteiger partial charge in [-0.25, -0.2) is 0 Å². The Morgan fingerprint density at radius 3 is 3.00 bits per heavy atom. The Labute approximate surface area is 86.2 Å². The van der Waals surface area contributed by atoms with Gasteiger partial charge in [-0.3, -0.25) is 4.79 Å². The Hall–Kier alpha value is -0.730. The second-order valence-corrected chi connectivity index (χ2v) is 3.30. The average molecular weight is 218 g/mol. The molecule has 0 fully saturated rings. The lowest BCUT2D eigenvalue weighted by atomic mass is 10.2. The molecular weight excluding hydrogens is 209 g/mol. The van der Waals surface area contributed by atoms with Gasteiger partial charge in [0.05, 0.1) is 5.02 Å². The summed E-state index contributed by atoms with van der Waals surface area (Å²) in [6, 6.07) is 1.62. The zero-order chi connectivity index (χ0) is 9.68. The van der Waals surface area contributed by atoms with Crippen LogP contribution in [0.4, 0.5) is 0 Å². The van der Waals surface area contributed by atoms with Gasteiger partial charge in [-0.1, -0.05) is 23.8 Å². The fraction of sp³-hybridized carbons (Fsp3) is 0.222. The van der Waals surface area contributed by atoms with E-state index in [0.29, 0.717) is 16.5 Å². The van der Waals surface area contributed by atoms with E-state index >= 15 is 0 Å². The van der Waals surface area contributed by atoms with Crippen LogP contribution in [-0.2, 0) is 0 Å². The molecule has 0 aliphatic rings. The van der Waals surface area contributed by atoms with Crippen LogP contribution in [-0.4, -0.2) is 10.9 Å². The molecule has 4 heteroatoms. The van der Waals surface area contributed by atoms with Crippen molar-refractivity contribution in [3.63, 3.8) is 0 Å². The smallest absolute Gasteiger partial charge is 0.255 e. The van der Waals surface area contributed by atoms with Crippen molar-refractivity contribution in [1.82, 2.24) is 4.98 Å². The number of halogens is 2. The molecule has 0 spiro atoms. The normalized spacial score (nSPS) is 10.9. The van der Waals surface area contributed by atoms with Crippen LogP contribution in [0.1, 0.15) is 12.0 Å². The number of H-pyrrole nitrogens is 1. The summed E-state index contributed by atoms with van der Waals surface area (Å²) in [4.78, 5) is 13.7. The highest BCUT2D eigenvalue weighted by atomic mass is 35.5. The quantitative estimate of drug-likeness (QED) is 0.777. The Morgan fingerprint density at radius 1 is 1.54 bits per heavy atom. The van der Waals surface area contributed by atoms with Crippen molar-refractivity contribution in [3.05, 3.63) is 39.3 Å². The fourth-order valence-corrected chi connectivity index (χ4v) is 1.17. The third-order valence-corrected chi connectivity index (χ3v) is 1.91. The highest BCUT2D eigenvalue weighted by molar-refractivity contribution is 6.30. The van der Waals surface area contributed by atoms with Gasteiger partial charge in [0.25, 0.3) is 5.56 Å². The molecule has 0 saturated heterocycles. The van der Waals surface area contributed by atoms with Crippen LogP contribution in [0, 0.1) is 0 Å². The predicted octanol–water partition coefficient (Wildman–Crippen LogP) is 2.67. The number of aromatic nitrogens is 1. The highest BCUT2D eigenvalue weighted by Gasteiger charge is 1.95. The zero-order valence-electron chi connectivity index (χ0n) is 6.89. The zero-order valence-corrected chi connectivity index (χ0v) is 8.40. The van der Waals surface area contributed by atoms with Crippen LogP contribution in [0.3, 0.4) is 0 Å². The third-order valence-electron chi connectivity index (χ3n) is 1.47. The summed E-state index contributed by atoms with van der Waals surface area (Å²) < 4.78 is 0. The number of aromatic amines is 1. The van der Waals surface area contributed by atoms with Gasteiger partial charge in [-0.15, -0.1) is 11.6 Å². The SMILES string of the molecule is O=c1[nH]cc(Cl)cc1C=CCCCl. The Kier molecular flexibility index (Phi) is 4.06. The molecule has 0 aromatic carbocycles. The summed E-state index contributed by atoms with van der Waals surface area (Å²) in [6.07, 6.45) is 5.76. The lowest BCUT2D eigenvalue weighted by Gasteiger charge is -1.92. The van der Waals surface area contributed by atoms with Crippen LogP contribution in [0.25, 0.3) is 6.08 Å². The lowest BCUT2D eigenvalue weighted by Crippen LogP contribution is -2.07. The van der Waals surface area contributed by atoms with Gasteiger partial charge in [0.2, 0.25) is 0 Å². The summed E-state index contributed by atoms with van der Waals surface area (Å²) in [5.74, 6) is 0.551. The van der Waals surface area contributed by atoms with Gasteiger partial charge in [0.15, 0.2) is 0 Å². The maximum Gasteiger partial charge on any atom is 0.255 e. The van der Waals surface area contributed by atoms with E-state index in [0.717, 1.165) is 6.42 Å². The first-order valence-corrected chi connectivity index (χ1v) is 4.76. The predicted molar refractivity (Wildman–Crippen MR) is 56.4 cm³/mol. The number of alkyl halides is 1. The molecule has 0 aliphatic heterocycles. The molecule has 1 N–H and O–H groups in total. The van der Waals surface area contributed by atoms with Gasteiger partial charge >= 0.3 is 0 Å². The minimum Gasteiger partial charge on any atom is -0.327 e. The Balaban J connectivity index is 2.87. The summed E-state index contributed by atoms with van der Waals surface area (Å²) in [6.45, 7) is 0. The average Bonchev–Trinajstić information content (AvgIpc) is 2.11. The molecule has 1 aromatic heterocycles. The van der Waals surface area contributed by atoms with E-state index in [1.165, 1.54) is 6.20 Å². The van der Waals surface area contributed by atoms with E-state index in [1.807, 2.05) is 6.08 Å². The van der Waals surface area contributed by atoms with Gasteiger partial charge in [-0.2, -0.15) is 0 Å². The van der Waals surface area contributed by atoms with Crippen molar-refractivity contribution in [3.8, 4) is 0 Å². The molecule has 0 saturated carbocycles. The van der Waals surface area contributed by atoms with Crippen LogP contribution >= 0.6 is 23.2 Å². The fourth-order valence-electron chi connectivity index (χ4n) is 0.871. The standard InChI is InChI=1S/C9H9Cl2NO/c10-4-2-1-3-7-5-8(11)6-12-9(7)13/h1,3,5-6H,2,4H2,(H,12,13). The lowest BCUT2D eigenvalue weighted by molar-refractivity contribution is 1.21. The maximum absolute atomic E-state index is 11.2. The van der Waals surface area contributed by atoms with E-state index in [-0.39, 0.29) is 5.56 Å². The molecule has 0 bridgehead atoms. The van der Waals surface area contributed by atoms with Crippen LogP contribution in [0.2, 0.25) is 5.02 Å². The molecule has 1 heterocycles. The minimum atomic E-state index is -0.143. The largest absolute Gasteiger partial charge is 0.327 e. The van der Waals surface area contributed by atoms with E-state index in [2.05, 4.69) is 4.98 Å². The monoisotopic (exact) mass is 217 g/mol. The molecule has 0 atom stereocenters. The Bertz CT molecular complexity index is 357. The summed E-state index contributed by atoms with van der Waals surface area (Å²) in [5, 5.41) is 0.519. The molecule has 0 unspecified atom stereocenters. The molecule has 0 aliphatic carbocycles. The van der Waals surface area contributed by atoms with Gasteiger partial charge in [0, 0.05) is 17.6 Å². The summed E-state index contributed by atoms with van der Waals surface area (Å²) in [7, 11) is 0. The number of hydrogen-bond acceptors (Lipinski definition) is 1. The van der Waals surface area contributed by atoms with Crippen LogP contribution in [0.5, 0.6) is 0 Å². The highest BCUT2D eigenvalue weighted by Crippen LogP contribution is 2.06. The van der Waals surface area contributed by atoms with E-state index in [9.17, 15) is 4.79 Å². The van der Waals surface area contributed by atoms with Crippen LogP contribution < -0.4 is 5.56 Å². The second kappa shape index (κ2) is 5.10. The van der Waals surface area contributed by atoms with Gasteiger partial charge in [0.1, 0.15) is 0 Å². The first kappa shape index (κ1) is 10.4. The first-order chi connectivity index (χ1) is 6.24. The molecule has 0 radical (unpaired) electrons. The molecule has 0 amide bonds. The van der Waals surface area contributed by atoms with E-state index in [1.54, 1.807) is 12.1 Å². The van der Waals surface area contributed by atoms with E-state index in [4.69, 9.17) is 23.2 Å². The van der Waals surface area contributed by atoms with Crippen molar-refractivity contribution in [2.24, 2.45) is 0 Å². The molecule has 1 aromatic rings.